The molecular formula is C31H25N3O6S. The Morgan fingerprint density at radius 2 is 1.85 bits per heavy atom. The summed E-state index contributed by atoms with van der Waals surface area (Å²) in [4.78, 5) is 49.3. The van der Waals surface area contributed by atoms with E-state index < -0.39 is 23.7 Å². The number of hydrogen-bond donors (Lipinski definition) is 1. The minimum Gasteiger partial charge on any atom is -0.507 e. The van der Waals surface area contributed by atoms with E-state index in [-0.39, 0.29) is 27.9 Å². The van der Waals surface area contributed by atoms with E-state index in [0.717, 1.165) is 16.9 Å². The Balaban J connectivity index is 1.51. The fourth-order valence-corrected chi connectivity index (χ4v) is 5.35. The molecule has 1 unspecified atom stereocenters. The van der Waals surface area contributed by atoms with Gasteiger partial charge in [-0.3, -0.25) is 19.5 Å². The Labute approximate surface area is 240 Å². The second kappa shape index (κ2) is 12.0. The van der Waals surface area contributed by atoms with Crippen LogP contribution in [0.5, 0.6) is 5.75 Å². The van der Waals surface area contributed by atoms with Crippen molar-refractivity contribution in [3.8, 4) is 5.75 Å². The molecule has 1 saturated heterocycles. The highest BCUT2D eigenvalue weighted by Gasteiger charge is 2.48. The Bertz CT molecular complexity index is 1630. The number of nitrogens with zero attached hydrogens (tertiary/aromatic N) is 3. The minimum absolute atomic E-state index is 0.0157. The first-order valence-corrected chi connectivity index (χ1v) is 13.4. The van der Waals surface area contributed by atoms with Gasteiger partial charge in [0.25, 0.3) is 5.78 Å². The molecule has 5 rings (SSSR count). The lowest BCUT2D eigenvalue weighted by Gasteiger charge is -2.22. The van der Waals surface area contributed by atoms with Crippen molar-refractivity contribution in [3.63, 3.8) is 0 Å². The summed E-state index contributed by atoms with van der Waals surface area (Å²) < 4.78 is 11.0. The number of ether oxygens (including phenoxy) is 2. The summed E-state index contributed by atoms with van der Waals surface area (Å²) in [6, 6.07) is 18.6. The van der Waals surface area contributed by atoms with Crippen molar-refractivity contribution in [1.82, 2.24) is 9.97 Å². The van der Waals surface area contributed by atoms with Gasteiger partial charge in [-0.2, -0.15) is 0 Å². The van der Waals surface area contributed by atoms with Gasteiger partial charge in [-0.25, -0.2) is 9.78 Å². The van der Waals surface area contributed by atoms with E-state index >= 15 is 0 Å². The number of esters is 1. The Morgan fingerprint density at radius 1 is 1.10 bits per heavy atom. The number of aryl methyl sites for hydroxylation is 1. The Hall–Kier alpha value is -5.09. The Morgan fingerprint density at radius 3 is 2.54 bits per heavy atom. The molecule has 0 bridgehead atoms. The van der Waals surface area contributed by atoms with E-state index in [0.29, 0.717) is 29.2 Å². The summed E-state index contributed by atoms with van der Waals surface area (Å²) in [5.41, 5.74) is 2.04. The van der Waals surface area contributed by atoms with Crippen LogP contribution in [-0.2, 0) is 20.9 Å². The molecule has 3 heterocycles. The number of ketones is 1. The SMILES string of the molecule is C=CCOC(=O)c1sc(N2C(=O)C(=O)/C(=C(/O)c3ccc(OCc4ccccc4)cc3)C2c2cccnc2)nc1C. The van der Waals surface area contributed by atoms with Crippen molar-refractivity contribution in [3.05, 3.63) is 125 Å². The number of hydrogen-bond acceptors (Lipinski definition) is 9. The number of Topliss-reactive ketones (excluding diaryl/α,β-unsaturated/α-hetero) is 1. The van der Waals surface area contributed by atoms with E-state index in [1.807, 2.05) is 30.3 Å². The van der Waals surface area contributed by atoms with Crippen LogP contribution in [0, 0.1) is 6.92 Å². The zero-order valence-electron chi connectivity index (χ0n) is 22.0. The van der Waals surface area contributed by atoms with Crippen LogP contribution in [0.1, 0.15) is 38.1 Å². The average Bonchev–Trinajstić information content (AvgIpc) is 3.51. The van der Waals surface area contributed by atoms with Crippen molar-refractivity contribution in [2.24, 2.45) is 0 Å². The molecule has 10 heteroatoms. The van der Waals surface area contributed by atoms with Crippen molar-refractivity contribution in [1.29, 1.82) is 0 Å². The summed E-state index contributed by atoms with van der Waals surface area (Å²) in [7, 11) is 0. The fourth-order valence-electron chi connectivity index (χ4n) is 4.36. The van der Waals surface area contributed by atoms with Gasteiger partial charge < -0.3 is 14.6 Å². The third-order valence-corrected chi connectivity index (χ3v) is 7.47. The molecule has 0 radical (unpaired) electrons. The zero-order valence-corrected chi connectivity index (χ0v) is 22.8. The smallest absolute Gasteiger partial charge is 0.350 e. The lowest BCUT2D eigenvalue weighted by molar-refractivity contribution is -0.132. The van der Waals surface area contributed by atoms with Gasteiger partial charge in [-0.1, -0.05) is 60.4 Å². The number of anilines is 1. The first-order chi connectivity index (χ1) is 19.9. The predicted octanol–water partition coefficient (Wildman–Crippen LogP) is 5.39. The second-order valence-corrected chi connectivity index (χ2v) is 10.0. The maximum atomic E-state index is 13.4. The largest absolute Gasteiger partial charge is 0.507 e. The van der Waals surface area contributed by atoms with Gasteiger partial charge in [0.15, 0.2) is 5.13 Å². The molecule has 1 atom stereocenters. The molecule has 2 aromatic carbocycles. The van der Waals surface area contributed by atoms with Crippen LogP contribution in [0.25, 0.3) is 5.76 Å². The van der Waals surface area contributed by atoms with Crippen molar-refractivity contribution in [2.75, 3.05) is 11.5 Å². The lowest BCUT2D eigenvalue weighted by Crippen LogP contribution is -2.29. The maximum absolute atomic E-state index is 13.4. The second-order valence-electron chi connectivity index (χ2n) is 9.05. The van der Waals surface area contributed by atoms with E-state index in [9.17, 15) is 19.5 Å². The Kier molecular flexibility index (Phi) is 8.02. The van der Waals surface area contributed by atoms with Gasteiger partial charge >= 0.3 is 11.9 Å². The third-order valence-electron chi connectivity index (χ3n) is 6.33. The molecule has 0 aliphatic carbocycles. The predicted molar refractivity (Wildman–Crippen MR) is 154 cm³/mol. The van der Waals surface area contributed by atoms with Crippen LogP contribution < -0.4 is 9.64 Å². The molecule has 1 aliphatic rings. The number of carbonyl (C=O) groups excluding carboxylic acids is 3. The minimum atomic E-state index is -1.03. The molecule has 206 valence electrons. The van der Waals surface area contributed by atoms with Gasteiger partial charge in [0.1, 0.15) is 29.6 Å². The molecule has 1 aliphatic heterocycles. The van der Waals surface area contributed by atoms with E-state index in [1.54, 1.807) is 49.5 Å². The van der Waals surface area contributed by atoms with E-state index in [2.05, 4.69) is 16.5 Å². The standard InChI is InChI=1S/C31H25N3O6S/c1-3-16-39-30(38)28-19(2)33-31(41-28)34-25(22-10-7-15-32-17-22)24(27(36)29(34)37)26(35)21-11-13-23(14-12-21)40-18-20-8-5-4-6-9-20/h3-15,17,25,35H,1,16,18H2,2H3/b26-24+. The van der Waals surface area contributed by atoms with Crippen LogP contribution in [0.15, 0.2) is 97.4 Å². The fraction of sp³-hybridized carbons (Fsp3) is 0.129. The summed E-state index contributed by atoms with van der Waals surface area (Å²) >= 11 is 0.926. The number of pyridine rings is 1. The van der Waals surface area contributed by atoms with Crippen molar-refractivity contribution >= 4 is 39.9 Å². The normalized spacial score (nSPS) is 16.0. The summed E-state index contributed by atoms with van der Waals surface area (Å²) in [6.07, 6.45) is 4.51. The first kappa shape index (κ1) is 27.5. The highest BCUT2D eigenvalue weighted by Crippen LogP contribution is 2.43. The average molecular weight is 568 g/mol. The third kappa shape index (κ3) is 5.64. The molecule has 4 aromatic rings. The number of thiazole rings is 1. The first-order valence-electron chi connectivity index (χ1n) is 12.6. The topological polar surface area (TPSA) is 119 Å². The van der Waals surface area contributed by atoms with Crippen LogP contribution >= 0.6 is 11.3 Å². The number of aliphatic hydroxyl groups excluding tert-OH is 1. The maximum Gasteiger partial charge on any atom is 0.350 e. The molecule has 1 N–H and O–H groups in total. The van der Waals surface area contributed by atoms with Gasteiger partial charge in [-0.05, 0) is 48.4 Å². The number of carbonyl (C=O) groups is 3. The van der Waals surface area contributed by atoms with Gasteiger partial charge in [-0.15, -0.1) is 0 Å². The summed E-state index contributed by atoms with van der Waals surface area (Å²) in [6.45, 7) is 5.53. The lowest BCUT2D eigenvalue weighted by atomic mass is 9.96. The molecule has 0 spiro atoms. The highest BCUT2D eigenvalue weighted by atomic mass is 32.1. The van der Waals surface area contributed by atoms with Gasteiger partial charge in [0, 0.05) is 18.0 Å². The quantitative estimate of drug-likeness (QED) is 0.0940. The number of aliphatic hydroxyl groups is 1. The molecule has 0 saturated carbocycles. The highest BCUT2D eigenvalue weighted by molar-refractivity contribution is 7.17. The van der Waals surface area contributed by atoms with Crippen LogP contribution in [0.4, 0.5) is 5.13 Å². The molecule has 9 nitrogen and oxygen atoms in total. The van der Waals surface area contributed by atoms with Crippen molar-refractivity contribution in [2.45, 2.75) is 19.6 Å². The zero-order chi connectivity index (χ0) is 28.9. The molecular weight excluding hydrogens is 542 g/mol. The number of amides is 1. The molecule has 1 fully saturated rings. The summed E-state index contributed by atoms with van der Waals surface area (Å²) in [5.74, 6) is -2.17. The monoisotopic (exact) mass is 567 g/mol. The van der Waals surface area contributed by atoms with Crippen molar-refractivity contribution < 1.29 is 29.0 Å². The summed E-state index contributed by atoms with van der Waals surface area (Å²) in [5, 5.41) is 11.5. The molecule has 2 aromatic heterocycles. The van der Waals surface area contributed by atoms with E-state index in [1.165, 1.54) is 17.2 Å². The molecule has 1 amide bonds. The number of benzene rings is 2. The van der Waals surface area contributed by atoms with Gasteiger partial charge in [0.2, 0.25) is 0 Å². The van der Waals surface area contributed by atoms with Crippen LogP contribution in [0.2, 0.25) is 0 Å². The molecule has 41 heavy (non-hydrogen) atoms. The number of aromatic nitrogens is 2. The van der Waals surface area contributed by atoms with Crippen LogP contribution in [-0.4, -0.2) is 39.3 Å². The van der Waals surface area contributed by atoms with E-state index in [4.69, 9.17) is 9.47 Å². The van der Waals surface area contributed by atoms with Gasteiger partial charge in [0.05, 0.1) is 17.3 Å². The number of rotatable bonds is 9. The van der Waals surface area contributed by atoms with Crippen LogP contribution in [0.3, 0.4) is 0 Å².